The largest absolute Gasteiger partial charge is 0.327 e. The second kappa shape index (κ2) is 9.34. The average molecular weight is 434 g/mol. The lowest BCUT2D eigenvalue weighted by molar-refractivity contribution is 0.262. The molecule has 0 unspecified atom stereocenters. The third kappa shape index (κ3) is 4.72. The molecule has 0 bridgehead atoms. The molecule has 0 atom stereocenters. The molecule has 2 aliphatic rings. The molecule has 2 aromatic rings. The Morgan fingerprint density at radius 1 is 0.900 bits per heavy atom. The summed E-state index contributed by atoms with van der Waals surface area (Å²) < 4.78 is 31.9. The van der Waals surface area contributed by atoms with Crippen LogP contribution in [-0.4, -0.2) is 70.7 Å². The van der Waals surface area contributed by atoms with Crippen LogP contribution in [0.15, 0.2) is 24.3 Å². The summed E-state index contributed by atoms with van der Waals surface area (Å²) in [5, 5.41) is 0. The monoisotopic (exact) mass is 433 g/mol. The molecule has 2 fully saturated rings. The summed E-state index contributed by atoms with van der Waals surface area (Å²) in [6, 6.07) is 8.32. The normalized spacial score (nSPS) is 20.8. The number of piperidine rings is 1. The van der Waals surface area contributed by atoms with E-state index in [1.165, 1.54) is 5.52 Å². The van der Waals surface area contributed by atoms with Crippen LogP contribution < -0.4 is 0 Å². The van der Waals surface area contributed by atoms with Crippen molar-refractivity contribution < 1.29 is 8.42 Å². The van der Waals surface area contributed by atoms with E-state index < -0.39 is 10.2 Å². The van der Waals surface area contributed by atoms with E-state index in [-0.39, 0.29) is 0 Å². The lowest BCUT2D eigenvalue weighted by Crippen LogP contribution is -2.47. The van der Waals surface area contributed by atoms with E-state index in [0.717, 1.165) is 63.2 Å². The summed E-state index contributed by atoms with van der Waals surface area (Å²) in [4.78, 5) is 7.28. The molecule has 2 saturated heterocycles. The minimum absolute atomic E-state index is 0.538. The minimum atomic E-state index is -3.33. The number of para-hydroxylation sites is 2. The molecular formula is C22H35N5O2S. The van der Waals surface area contributed by atoms with Crippen molar-refractivity contribution in [2.24, 2.45) is 5.92 Å². The Hall–Kier alpha value is -1.48. The van der Waals surface area contributed by atoms with Crippen LogP contribution in [0.1, 0.15) is 45.4 Å². The standard InChI is InChI=1S/C22H35N5O2S/c1-19(2)17-27-21-10-5-4-9-20(21)23-22(27)18-24-11-8-14-26(16-15-24)30(28,29)25-12-6-3-7-13-25/h4-5,9-10,19H,3,6-8,11-18H2,1-2H3. The zero-order valence-corrected chi connectivity index (χ0v) is 19.1. The van der Waals surface area contributed by atoms with Crippen molar-refractivity contribution in [2.75, 3.05) is 39.3 Å². The molecule has 3 heterocycles. The van der Waals surface area contributed by atoms with E-state index in [0.29, 0.717) is 32.1 Å². The van der Waals surface area contributed by atoms with E-state index >= 15 is 0 Å². The average Bonchev–Trinajstić information content (AvgIpc) is 2.90. The van der Waals surface area contributed by atoms with Crippen molar-refractivity contribution in [1.82, 2.24) is 23.1 Å². The third-order valence-electron chi connectivity index (χ3n) is 6.16. The van der Waals surface area contributed by atoms with Crippen molar-refractivity contribution in [3.8, 4) is 0 Å². The minimum Gasteiger partial charge on any atom is -0.327 e. The van der Waals surface area contributed by atoms with Gasteiger partial charge in [0, 0.05) is 39.3 Å². The van der Waals surface area contributed by atoms with E-state index in [1.54, 1.807) is 8.61 Å². The molecule has 4 rings (SSSR count). The molecule has 0 N–H and O–H groups in total. The van der Waals surface area contributed by atoms with Gasteiger partial charge in [-0.1, -0.05) is 32.4 Å². The lowest BCUT2D eigenvalue weighted by Gasteiger charge is -2.31. The van der Waals surface area contributed by atoms with Gasteiger partial charge in [-0.3, -0.25) is 4.90 Å². The van der Waals surface area contributed by atoms with Gasteiger partial charge in [-0.15, -0.1) is 0 Å². The maximum atomic E-state index is 13.1. The van der Waals surface area contributed by atoms with Crippen molar-refractivity contribution in [1.29, 1.82) is 0 Å². The zero-order valence-electron chi connectivity index (χ0n) is 18.3. The Morgan fingerprint density at radius 3 is 2.37 bits per heavy atom. The van der Waals surface area contributed by atoms with Gasteiger partial charge in [-0.05, 0) is 43.9 Å². The van der Waals surface area contributed by atoms with Crippen molar-refractivity contribution in [3.63, 3.8) is 0 Å². The maximum Gasteiger partial charge on any atom is 0.282 e. The van der Waals surface area contributed by atoms with Gasteiger partial charge in [-0.2, -0.15) is 17.0 Å². The summed E-state index contributed by atoms with van der Waals surface area (Å²) >= 11 is 0. The first-order chi connectivity index (χ1) is 14.4. The van der Waals surface area contributed by atoms with E-state index in [4.69, 9.17) is 4.98 Å². The summed E-state index contributed by atoms with van der Waals surface area (Å²) in [6.45, 7) is 10.3. The van der Waals surface area contributed by atoms with Crippen LogP contribution in [0.2, 0.25) is 0 Å². The van der Waals surface area contributed by atoms with Crippen LogP contribution in [0.5, 0.6) is 0 Å². The molecule has 1 aromatic heterocycles. The molecule has 166 valence electrons. The highest BCUT2D eigenvalue weighted by Gasteiger charge is 2.32. The third-order valence-corrected chi connectivity index (χ3v) is 8.20. The fourth-order valence-corrected chi connectivity index (χ4v) is 6.33. The van der Waals surface area contributed by atoms with Gasteiger partial charge < -0.3 is 4.57 Å². The van der Waals surface area contributed by atoms with Crippen molar-refractivity contribution >= 4 is 21.2 Å². The van der Waals surface area contributed by atoms with Crippen LogP contribution in [0, 0.1) is 5.92 Å². The summed E-state index contributed by atoms with van der Waals surface area (Å²) in [6.07, 6.45) is 3.95. The smallest absolute Gasteiger partial charge is 0.282 e. The summed E-state index contributed by atoms with van der Waals surface area (Å²) in [5.74, 6) is 1.62. The number of hydrogen-bond donors (Lipinski definition) is 0. The molecule has 7 nitrogen and oxygen atoms in total. The first-order valence-corrected chi connectivity index (χ1v) is 12.8. The van der Waals surface area contributed by atoms with Gasteiger partial charge in [0.15, 0.2) is 0 Å². The number of nitrogens with zero attached hydrogens (tertiary/aromatic N) is 5. The molecule has 8 heteroatoms. The molecule has 0 saturated carbocycles. The molecule has 0 spiro atoms. The molecule has 1 aromatic carbocycles. The lowest BCUT2D eigenvalue weighted by atomic mass is 10.2. The fraction of sp³-hybridized carbons (Fsp3) is 0.682. The molecule has 30 heavy (non-hydrogen) atoms. The predicted molar refractivity (Wildman–Crippen MR) is 120 cm³/mol. The van der Waals surface area contributed by atoms with Gasteiger partial charge in [-0.25, -0.2) is 4.98 Å². The number of rotatable bonds is 6. The van der Waals surface area contributed by atoms with Crippen LogP contribution in [-0.2, 0) is 23.3 Å². The highest BCUT2D eigenvalue weighted by atomic mass is 32.2. The van der Waals surface area contributed by atoms with Crippen molar-refractivity contribution in [2.45, 2.75) is 52.6 Å². The highest BCUT2D eigenvalue weighted by molar-refractivity contribution is 7.86. The quantitative estimate of drug-likeness (QED) is 0.703. The van der Waals surface area contributed by atoms with Crippen LogP contribution >= 0.6 is 0 Å². The van der Waals surface area contributed by atoms with Gasteiger partial charge in [0.1, 0.15) is 5.82 Å². The Labute approximate surface area is 180 Å². The van der Waals surface area contributed by atoms with Crippen LogP contribution in [0.25, 0.3) is 11.0 Å². The number of hydrogen-bond acceptors (Lipinski definition) is 4. The topological polar surface area (TPSA) is 61.7 Å². The number of benzene rings is 1. The molecule has 0 radical (unpaired) electrons. The Bertz CT molecular complexity index is 950. The predicted octanol–water partition coefficient (Wildman–Crippen LogP) is 2.93. The molecule has 2 aliphatic heterocycles. The molecular weight excluding hydrogens is 398 g/mol. The fourth-order valence-electron chi connectivity index (χ4n) is 4.61. The summed E-state index contributed by atoms with van der Waals surface area (Å²) in [7, 11) is -3.33. The first-order valence-electron chi connectivity index (χ1n) is 11.4. The van der Waals surface area contributed by atoms with E-state index in [2.05, 4.69) is 41.5 Å². The van der Waals surface area contributed by atoms with Crippen LogP contribution in [0.3, 0.4) is 0 Å². The van der Waals surface area contributed by atoms with Gasteiger partial charge in [0.2, 0.25) is 0 Å². The molecule has 0 aliphatic carbocycles. The summed E-state index contributed by atoms with van der Waals surface area (Å²) in [5.41, 5.74) is 2.22. The van der Waals surface area contributed by atoms with Gasteiger partial charge in [0.25, 0.3) is 10.2 Å². The Balaban J connectivity index is 1.47. The maximum absolute atomic E-state index is 13.1. The van der Waals surface area contributed by atoms with E-state index in [9.17, 15) is 8.42 Å². The second-order valence-electron chi connectivity index (χ2n) is 9.02. The number of fused-ring (bicyclic) bond motifs is 1. The Kier molecular flexibility index (Phi) is 6.77. The van der Waals surface area contributed by atoms with Gasteiger partial charge >= 0.3 is 0 Å². The number of imidazole rings is 1. The number of aromatic nitrogens is 2. The van der Waals surface area contributed by atoms with E-state index in [1.807, 2.05) is 6.07 Å². The zero-order chi connectivity index (χ0) is 21.1. The SMILES string of the molecule is CC(C)Cn1c(CN2CCCN(S(=O)(=O)N3CCCCC3)CC2)nc2ccccc21. The molecule has 0 amide bonds. The van der Waals surface area contributed by atoms with Crippen LogP contribution in [0.4, 0.5) is 0 Å². The second-order valence-corrected chi connectivity index (χ2v) is 10.9. The van der Waals surface area contributed by atoms with Gasteiger partial charge in [0.05, 0.1) is 17.6 Å². The highest BCUT2D eigenvalue weighted by Crippen LogP contribution is 2.21. The Morgan fingerprint density at radius 2 is 1.60 bits per heavy atom. The van der Waals surface area contributed by atoms with Crippen molar-refractivity contribution in [3.05, 3.63) is 30.1 Å². The first kappa shape index (κ1) is 21.7.